The molecule has 19 heavy (non-hydrogen) atoms. The monoisotopic (exact) mass is 272 g/mol. The first-order chi connectivity index (χ1) is 8.78. The second-order valence-electron chi connectivity index (χ2n) is 4.82. The van der Waals surface area contributed by atoms with Crippen LogP contribution in [0.1, 0.15) is 23.3 Å². The van der Waals surface area contributed by atoms with E-state index >= 15 is 0 Å². The molecule has 2 heterocycles. The summed E-state index contributed by atoms with van der Waals surface area (Å²) in [6.45, 7) is -0.0973. The van der Waals surface area contributed by atoms with Gasteiger partial charge in [0.1, 0.15) is 5.82 Å². The molecule has 0 aliphatic carbocycles. The smallest absolute Gasteiger partial charge is 0.269 e. The Hall–Kier alpha value is -1.70. The molecule has 0 aromatic carbocycles. The van der Waals surface area contributed by atoms with Gasteiger partial charge in [0.15, 0.2) is 5.69 Å². The van der Waals surface area contributed by atoms with Gasteiger partial charge in [-0.2, -0.15) is 5.10 Å². The Kier molecular flexibility index (Phi) is 3.44. The van der Waals surface area contributed by atoms with E-state index in [0.29, 0.717) is 18.8 Å². The van der Waals surface area contributed by atoms with Crippen molar-refractivity contribution in [2.24, 2.45) is 18.5 Å². The van der Waals surface area contributed by atoms with Gasteiger partial charge in [-0.3, -0.25) is 9.48 Å². The second kappa shape index (κ2) is 4.76. The molecule has 1 aliphatic heterocycles. The third-order valence-corrected chi connectivity index (χ3v) is 3.07. The number of carbonyl (C=O) groups excluding carboxylic acids is 1. The topological polar surface area (TPSA) is 90.2 Å². The Morgan fingerprint density at radius 1 is 1.58 bits per heavy atom. The number of aryl methyl sites for hydroxylation is 1. The van der Waals surface area contributed by atoms with Gasteiger partial charge in [-0.1, -0.05) is 0 Å². The zero-order chi connectivity index (χ0) is 14.2. The maximum absolute atomic E-state index is 13.7. The Morgan fingerprint density at radius 2 is 2.26 bits per heavy atom. The van der Waals surface area contributed by atoms with Crippen molar-refractivity contribution in [2.75, 3.05) is 18.0 Å². The summed E-state index contributed by atoms with van der Waals surface area (Å²) in [5, 5.41) is 3.85. The molecular formula is C11H16F2N5O. The molecule has 105 valence electrons. The zero-order valence-electron chi connectivity index (χ0n) is 10.6. The molecule has 1 atom stereocenters. The van der Waals surface area contributed by atoms with E-state index in [1.807, 2.05) is 0 Å². The Bertz CT molecular complexity index is 487. The first kappa shape index (κ1) is 13.7. The van der Waals surface area contributed by atoms with Gasteiger partial charge < -0.3 is 16.4 Å². The van der Waals surface area contributed by atoms with E-state index in [9.17, 15) is 13.6 Å². The Balaban J connectivity index is 2.27. The minimum absolute atomic E-state index is 0.0608. The number of nitrogens with zero attached hydrogens (tertiary/aromatic N) is 3. The summed E-state index contributed by atoms with van der Waals surface area (Å²) in [6.07, 6.45) is 0.102. The quantitative estimate of drug-likeness (QED) is 0.785. The van der Waals surface area contributed by atoms with Crippen LogP contribution in [-0.4, -0.2) is 40.7 Å². The molecule has 0 saturated carbocycles. The summed E-state index contributed by atoms with van der Waals surface area (Å²) < 4.78 is 28.7. The highest BCUT2D eigenvalue weighted by molar-refractivity contribution is 5.91. The van der Waals surface area contributed by atoms with Crippen LogP contribution < -0.4 is 16.4 Å². The molecule has 0 unspecified atom stereocenters. The lowest BCUT2D eigenvalue weighted by Gasteiger charge is -2.25. The fourth-order valence-electron chi connectivity index (χ4n) is 2.21. The van der Waals surface area contributed by atoms with Gasteiger partial charge in [0.2, 0.25) is 0 Å². The first-order valence-corrected chi connectivity index (χ1v) is 5.93. The molecule has 1 fully saturated rings. The van der Waals surface area contributed by atoms with Crippen molar-refractivity contribution in [3.05, 3.63) is 11.8 Å². The molecule has 8 heteroatoms. The summed E-state index contributed by atoms with van der Waals surface area (Å²) in [6, 6.07) is 2.12. The van der Waals surface area contributed by atoms with Crippen LogP contribution >= 0.6 is 0 Å². The van der Waals surface area contributed by atoms with Gasteiger partial charge in [0, 0.05) is 26.1 Å². The van der Waals surface area contributed by atoms with E-state index < -0.39 is 24.4 Å². The van der Waals surface area contributed by atoms with Crippen LogP contribution in [0, 0.1) is 6.07 Å². The minimum atomic E-state index is -2.87. The van der Waals surface area contributed by atoms with Gasteiger partial charge in [-0.05, 0) is 6.42 Å². The molecule has 2 rings (SSSR count). The lowest BCUT2D eigenvalue weighted by atomic mass is 10.1. The molecule has 0 bridgehead atoms. The fourth-order valence-corrected chi connectivity index (χ4v) is 2.21. The van der Waals surface area contributed by atoms with Crippen molar-refractivity contribution >= 4 is 11.7 Å². The van der Waals surface area contributed by atoms with E-state index in [4.69, 9.17) is 11.5 Å². The summed E-state index contributed by atoms with van der Waals surface area (Å²) in [5.74, 6) is -3.29. The van der Waals surface area contributed by atoms with Crippen molar-refractivity contribution in [3.63, 3.8) is 0 Å². The van der Waals surface area contributed by atoms with Gasteiger partial charge in [-0.25, -0.2) is 8.78 Å². The van der Waals surface area contributed by atoms with Crippen molar-refractivity contribution in [3.8, 4) is 0 Å². The second-order valence-corrected chi connectivity index (χ2v) is 4.82. The SMILES string of the molecule is Cn1nc(C(N)=O)[c]c1N1CC[C@@H](N)CC(F)(F)C1. The normalized spacial score (nSPS) is 23.2. The molecule has 1 radical (unpaired) electrons. The number of halogens is 2. The van der Waals surface area contributed by atoms with Gasteiger partial charge in [-0.15, -0.1) is 0 Å². The maximum atomic E-state index is 13.7. The molecule has 1 amide bonds. The van der Waals surface area contributed by atoms with E-state index in [1.54, 1.807) is 7.05 Å². The predicted octanol–water partition coefficient (Wildman–Crippen LogP) is -0.118. The summed E-state index contributed by atoms with van der Waals surface area (Å²) in [5.41, 5.74) is 10.7. The highest BCUT2D eigenvalue weighted by Gasteiger charge is 2.37. The van der Waals surface area contributed by atoms with Gasteiger partial charge >= 0.3 is 0 Å². The van der Waals surface area contributed by atoms with Crippen molar-refractivity contribution in [1.82, 2.24) is 9.78 Å². The van der Waals surface area contributed by atoms with Crippen LogP contribution in [0.4, 0.5) is 14.6 Å². The minimum Gasteiger partial charge on any atom is -0.364 e. The van der Waals surface area contributed by atoms with Crippen LogP contribution in [0.5, 0.6) is 0 Å². The summed E-state index contributed by atoms with van der Waals surface area (Å²) in [4.78, 5) is 12.5. The summed E-state index contributed by atoms with van der Waals surface area (Å²) >= 11 is 0. The highest BCUT2D eigenvalue weighted by atomic mass is 19.3. The molecule has 1 aliphatic rings. The molecule has 1 aromatic heterocycles. The number of rotatable bonds is 2. The number of anilines is 1. The van der Waals surface area contributed by atoms with Gasteiger partial charge in [0.25, 0.3) is 11.8 Å². The molecule has 1 saturated heterocycles. The van der Waals surface area contributed by atoms with Crippen molar-refractivity contribution < 1.29 is 13.6 Å². The molecule has 1 aromatic rings. The molecule has 0 spiro atoms. The number of nitrogens with two attached hydrogens (primary N) is 2. The number of primary amides is 1. The zero-order valence-corrected chi connectivity index (χ0v) is 10.6. The van der Waals surface area contributed by atoms with Crippen molar-refractivity contribution in [1.29, 1.82) is 0 Å². The van der Waals surface area contributed by atoms with E-state index in [2.05, 4.69) is 11.2 Å². The predicted molar refractivity (Wildman–Crippen MR) is 64.9 cm³/mol. The van der Waals surface area contributed by atoms with Crippen LogP contribution in [-0.2, 0) is 7.05 Å². The average Bonchev–Trinajstić information content (AvgIpc) is 2.59. The maximum Gasteiger partial charge on any atom is 0.269 e. The number of hydrogen-bond donors (Lipinski definition) is 2. The molecular weight excluding hydrogens is 256 g/mol. The fraction of sp³-hybridized carbons (Fsp3) is 0.636. The van der Waals surface area contributed by atoms with E-state index in [1.165, 1.54) is 9.58 Å². The Labute approximate surface area is 109 Å². The number of amides is 1. The number of carbonyl (C=O) groups is 1. The lowest BCUT2D eigenvalue weighted by molar-refractivity contribution is -0.000556. The average molecular weight is 272 g/mol. The van der Waals surface area contributed by atoms with E-state index in [0.717, 1.165) is 0 Å². The largest absolute Gasteiger partial charge is 0.364 e. The lowest BCUT2D eigenvalue weighted by Crippen LogP contribution is -2.37. The van der Waals surface area contributed by atoms with Gasteiger partial charge in [0.05, 0.1) is 12.6 Å². The molecule has 4 N–H and O–H groups in total. The third-order valence-electron chi connectivity index (χ3n) is 3.07. The van der Waals surface area contributed by atoms with Crippen LogP contribution in [0.15, 0.2) is 0 Å². The Morgan fingerprint density at radius 3 is 2.84 bits per heavy atom. The van der Waals surface area contributed by atoms with Crippen LogP contribution in [0.3, 0.4) is 0 Å². The first-order valence-electron chi connectivity index (χ1n) is 5.93. The molecule has 6 nitrogen and oxygen atoms in total. The van der Waals surface area contributed by atoms with E-state index in [-0.39, 0.29) is 12.1 Å². The van der Waals surface area contributed by atoms with Crippen LogP contribution in [0.25, 0.3) is 0 Å². The number of alkyl halides is 2. The standard InChI is InChI=1S/C11H16F2N5O/c1-17-9(4-8(16-17)10(15)19)18-3-2-7(14)5-11(12,13)6-18/h7H,2-3,5-6,14H2,1H3,(H2,15,19)/t7-/m1/s1. The highest BCUT2D eigenvalue weighted by Crippen LogP contribution is 2.28. The third kappa shape index (κ3) is 3.01. The summed E-state index contributed by atoms with van der Waals surface area (Å²) in [7, 11) is 1.56. The number of hydrogen-bond acceptors (Lipinski definition) is 4. The van der Waals surface area contributed by atoms with Crippen LogP contribution in [0.2, 0.25) is 0 Å². The number of aromatic nitrogens is 2. The van der Waals surface area contributed by atoms with Crippen molar-refractivity contribution in [2.45, 2.75) is 24.8 Å².